The van der Waals surface area contributed by atoms with E-state index in [0.717, 1.165) is 0 Å². The van der Waals surface area contributed by atoms with Crippen molar-refractivity contribution in [2.45, 2.75) is 11.2 Å². The predicted octanol–water partition coefficient (Wildman–Crippen LogP) is 1.97. The number of primary sulfonamides is 1. The molecule has 28 heavy (non-hydrogen) atoms. The van der Waals surface area contributed by atoms with Gasteiger partial charge in [-0.2, -0.15) is 0 Å². The molecule has 7 heteroatoms. The Morgan fingerprint density at radius 2 is 1.57 bits per heavy atom. The molecule has 0 amide bonds. The number of carbonyl (C=O) groups is 1. The van der Waals surface area contributed by atoms with Gasteiger partial charge in [0.05, 0.1) is 12.3 Å². The number of benzene rings is 2. The molecular formula is C21H22N2O4S. The Kier molecular flexibility index (Phi) is 5.51. The third kappa shape index (κ3) is 3.52. The Balaban J connectivity index is 2.04. The van der Waals surface area contributed by atoms with Crippen LogP contribution in [0.3, 0.4) is 0 Å². The van der Waals surface area contributed by atoms with Crippen LogP contribution in [0.2, 0.25) is 0 Å². The van der Waals surface area contributed by atoms with E-state index in [1.807, 2.05) is 6.07 Å². The summed E-state index contributed by atoms with van der Waals surface area (Å²) in [6.07, 6.45) is -0.0646. The van der Waals surface area contributed by atoms with Gasteiger partial charge in [-0.3, -0.25) is 4.79 Å². The fourth-order valence-corrected chi connectivity index (χ4v) is 4.33. The number of sulfonamides is 1. The number of rotatable bonds is 7. The Morgan fingerprint density at radius 3 is 2.11 bits per heavy atom. The van der Waals surface area contributed by atoms with Crippen LogP contribution in [0, 0.1) is 0 Å². The minimum atomic E-state index is -4.16. The molecule has 0 fully saturated rings. The van der Waals surface area contributed by atoms with Gasteiger partial charge in [-0.15, -0.1) is 0 Å². The fourth-order valence-electron chi connectivity index (χ4n) is 3.33. The highest BCUT2D eigenvalue weighted by molar-refractivity contribution is 7.90. The third-order valence-corrected chi connectivity index (χ3v) is 6.66. The molecule has 0 bridgehead atoms. The second kappa shape index (κ2) is 7.71. The number of hydrogen-bond acceptors (Lipinski definition) is 4. The van der Waals surface area contributed by atoms with Gasteiger partial charge in [0.15, 0.2) is 0 Å². The number of nitrogens with zero attached hydrogens (tertiary/aromatic N) is 1. The molecule has 0 radical (unpaired) electrons. The highest BCUT2D eigenvalue weighted by Gasteiger charge is 2.44. The van der Waals surface area contributed by atoms with Crippen molar-refractivity contribution in [2.75, 3.05) is 6.61 Å². The second-order valence-corrected chi connectivity index (χ2v) is 8.58. The summed E-state index contributed by atoms with van der Waals surface area (Å²) in [6.45, 7) is -0.678. The lowest BCUT2D eigenvalue weighted by atomic mass is 9.94. The van der Waals surface area contributed by atoms with E-state index in [1.165, 1.54) is 0 Å². The second-order valence-electron chi connectivity index (χ2n) is 6.70. The maximum absolute atomic E-state index is 12.8. The van der Waals surface area contributed by atoms with Gasteiger partial charge in [0.2, 0.25) is 15.8 Å². The summed E-state index contributed by atoms with van der Waals surface area (Å²) in [7, 11) is -2.46. The van der Waals surface area contributed by atoms with E-state index in [0.29, 0.717) is 22.5 Å². The van der Waals surface area contributed by atoms with Crippen molar-refractivity contribution in [3.8, 4) is 0 Å². The van der Waals surface area contributed by atoms with Crippen LogP contribution in [0.25, 0.3) is 0 Å². The van der Waals surface area contributed by atoms with Gasteiger partial charge >= 0.3 is 0 Å². The minimum absolute atomic E-state index is 0.0646. The van der Waals surface area contributed by atoms with Gasteiger partial charge in [-0.1, -0.05) is 60.7 Å². The van der Waals surface area contributed by atoms with Crippen LogP contribution in [-0.2, 0) is 28.2 Å². The Hall–Kier alpha value is -2.74. The van der Waals surface area contributed by atoms with Crippen LogP contribution in [0.1, 0.15) is 27.3 Å². The quantitative estimate of drug-likeness (QED) is 0.594. The smallest absolute Gasteiger partial charge is 0.221 e. The zero-order valence-electron chi connectivity index (χ0n) is 15.4. The molecule has 0 aliphatic rings. The van der Waals surface area contributed by atoms with Crippen molar-refractivity contribution in [1.82, 2.24) is 4.57 Å². The Morgan fingerprint density at radius 1 is 1.00 bits per heavy atom. The lowest BCUT2D eigenvalue weighted by molar-refractivity contribution is 0.103. The SMILES string of the molecule is Cn1c(CC(CO)(c2ccccc2)S(N)(=O)=O)ccc1C(=O)c1ccccc1. The van der Waals surface area contributed by atoms with Crippen molar-refractivity contribution >= 4 is 15.8 Å². The van der Waals surface area contributed by atoms with Crippen molar-refractivity contribution in [3.63, 3.8) is 0 Å². The molecule has 1 aromatic heterocycles. The van der Waals surface area contributed by atoms with Gasteiger partial charge < -0.3 is 9.67 Å². The van der Waals surface area contributed by atoms with E-state index in [4.69, 9.17) is 5.14 Å². The van der Waals surface area contributed by atoms with E-state index in [2.05, 4.69) is 0 Å². The summed E-state index contributed by atoms with van der Waals surface area (Å²) in [6, 6.07) is 20.6. The number of hydrogen-bond donors (Lipinski definition) is 2. The molecule has 146 valence electrons. The number of nitrogens with two attached hydrogens (primary N) is 1. The zero-order chi connectivity index (χ0) is 20.4. The first-order valence-electron chi connectivity index (χ1n) is 8.73. The molecule has 0 spiro atoms. The van der Waals surface area contributed by atoms with E-state index >= 15 is 0 Å². The van der Waals surface area contributed by atoms with Gasteiger partial charge in [0.1, 0.15) is 4.75 Å². The molecule has 1 atom stereocenters. The molecule has 1 unspecified atom stereocenters. The van der Waals surface area contributed by atoms with E-state index in [1.54, 1.807) is 78.3 Å². The van der Waals surface area contributed by atoms with Crippen molar-refractivity contribution in [1.29, 1.82) is 0 Å². The average molecular weight is 398 g/mol. The molecule has 0 aliphatic heterocycles. The zero-order valence-corrected chi connectivity index (χ0v) is 16.3. The molecule has 6 nitrogen and oxygen atoms in total. The predicted molar refractivity (Wildman–Crippen MR) is 107 cm³/mol. The first-order valence-corrected chi connectivity index (χ1v) is 10.3. The van der Waals surface area contributed by atoms with E-state index in [9.17, 15) is 18.3 Å². The Bertz CT molecular complexity index is 1080. The molecular weight excluding hydrogens is 376 g/mol. The van der Waals surface area contributed by atoms with Crippen LogP contribution < -0.4 is 5.14 Å². The fraction of sp³-hybridized carbons (Fsp3) is 0.190. The first kappa shape index (κ1) is 20.0. The standard InChI is InChI=1S/C21H22N2O4S/c1-23-18(12-13-19(23)20(25)16-8-4-2-5-9-16)14-21(15-24,28(22,26)27)17-10-6-3-7-11-17/h2-13,24H,14-15H2,1H3,(H2,22,26,27). The molecule has 0 aliphatic carbocycles. The Labute approximate surface area is 164 Å². The lowest BCUT2D eigenvalue weighted by Crippen LogP contribution is -2.46. The summed E-state index contributed by atoms with van der Waals surface area (Å²) in [4.78, 5) is 12.8. The van der Waals surface area contributed by atoms with Crippen LogP contribution in [-0.4, -0.2) is 30.5 Å². The minimum Gasteiger partial charge on any atom is -0.394 e. The number of ketones is 1. The summed E-state index contributed by atoms with van der Waals surface area (Å²) in [5, 5.41) is 15.6. The third-order valence-electron chi connectivity index (χ3n) is 5.06. The highest BCUT2D eigenvalue weighted by atomic mass is 32.2. The van der Waals surface area contributed by atoms with Crippen LogP contribution in [0.4, 0.5) is 0 Å². The van der Waals surface area contributed by atoms with Gasteiger partial charge in [0, 0.05) is 24.7 Å². The normalized spacial score (nSPS) is 13.8. The van der Waals surface area contributed by atoms with Gasteiger partial charge in [-0.05, 0) is 17.7 Å². The summed E-state index contributed by atoms with van der Waals surface area (Å²) < 4.78 is 25.0. The molecule has 0 saturated carbocycles. The van der Waals surface area contributed by atoms with E-state index < -0.39 is 21.4 Å². The van der Waals surface area contributed by atoms with Crippen LogP contribution >= 0.6 is 0 Å². The van der Waals surface area contributed by atoms with Crippen LogP contribution in [0.5, 0.6) is 0 Å². The van der Waals surface area contributed by atoms with Crippen molar-refractivity contribution < 1.29 is 18.3 Å². The maximum Gasteiger partial charge on any atom is 0.221 e. The summed E-state index contributed by atoms with van der Waals surface area (Å²) >= 11 is 0. The molecule has 1 heterocycles. The molecule has 3 N–H and O–H groups in total. The average Bonchev–Trinajstić information content (AvgIpc) is 3.06. The molecule has 3 aromatic rings. The van der Waals surface area contributed by atoms with Gasteiger partial charge in [-0.25, -0.2) is 13.6 Å². The number of aromatic nitrogens is 1. The largest absolute Gasteiger partial charge is 0.394 e. The topological polar surface area (TPSA) is 102 Å². The maximum atomic E-state index is 12.8. The van der Waals surface area contributed by atoms with Crippen molar-refractivity contribution in [3.05, 3.63) is 95.3 Å². The van der Waals surface area contributed by atoms with Crippen molar-refractivity contribution in [2.24, 2.45) is 12.2 Å². The summed E-state index contributed by atoms with van der Waals surface area (Å²) in [5.74, 6) is -0.167. The van der Waals surface area contributed by atoms with E-state index in [-0.39, 0.29) is 12.2 Å². The molecule has 0 saturated heterocycles. The number of carbonyl (C=O) groups excluding carboxylic acids is 1. The number of aliphatic hydroxyl groups excluding tert-OH is 1. The first-order chi connectivity index (χ1) is 13.3. The van der Waals surface area contributed by atoms with Crippen LogP contribution in [0.15, 0.2) is 72.8 Å². The summed E-state index contributed by atoms with van der Waals surface area (Å²) in [5.41, 5.74) is 1.94. The van der Waals surface area contributed by atoms with Gasteiger partial charge in [0.25, 0.3) is 0 Å². The number of aliphatic hydroxyl groups is 1. The lowest BCUT2D eigenvalue weighted by Gasteiger charge is -2.30. The highest BCUT2D eigenvalue weighted by Crippen LogP contribution is 2.33. The monoisotopic (exact) mass is 398 g/mol. The molecule has 2 aromatic carbocycles. The molecule has 3 rings (SSSR count).